The lowest BCUT2D eigenvalue weighted by Gasteiger charge is -2.26. The molecule has 1 atom stereocenters. The molecule has 0 fully saturated rings. The molecule has 4 aromatic rings. The number of hydrogen-bond donors (Lipinski definition) is 1. The quantitative estimate of drug-likeness (QED) is 0.431. The van der Waals surface area contributed by atoms with Gasteiger partial charge >= 0.3 is 0 Å². The van der Waals surface area contributed by atoms with E-state index in [4.69, 9.17) is 9.47 Å². The number of benzene rings is 3. The number of aromatic nitrogens is 1. The first kappa shape index (κ1) is 20.3. The van der Waals surface area contributed by atoms with Gasteiger partial charge in [0.05, 0.1) is 18.7 Å². The minimum Gasteiger partial charge on any atom is -0.493 e. The Bertz CT molecular complexity index is 1250. The third-order valence-corrected chi connectivity index (χ3v) is 5.87. The van der Waals surface area contributed by atoms with Gasteiger partial charge in [-0.2, -0.15) is 0 Å². The molecule has 5 rings (SSSR count). The summed E-state index contributed by atoms with van der Waals surface area (Å²) in [5.74, 6) is 1.55. The number of ether oxygens (including phenoxy) is 2. The first-order valence-electron chi connectivity index (χ1n) is 10.9. The molecule has 0 aliphatic carbocycles. The van der Waals surface area contributed by atoms with Gasteiger partial charge in [0.2, 0.25) is 0 Å². The molecule has 0 bridgehead atoms. The molecule has 0 amide bonds. The van der Waals surface area contributed by atoms with Gasteiger partial charge in [0, 0.05) is 18.1 Å². The van der Waals surface area contributed by atoms with Crippen molar-refractivity contribution >= 4 is 17.0 Å². The van der Waals surface area contributed by atoms with Crippen molar-refractivity contribution in [3.8, 4) is 11.5 Å². The van der Waals surface area contributed by atoms with Crippen molar-refractivity contribution in [1.29, 1.82) is 0 Å². The van der Waals surface area contributed by atoms with Crippen LogP contribution in [0.3, 0.4) is 0 Å². The Morgan fingerprint density at radius 1 is 1.00 bits per heavy atom. The Morgan fingerprint density at radius 3 is 2.78 bits per heavy atom. The first-order chi connectivity index (χ1) is 15.8. The zero-order valence-corrected chi connectivity index (χ0v) is 18.1. The molecular formula is C28H26N2O2. The molecule has 4 heteroatoms. The van der Waals surface area contributed by atoms with E-state index in [9.17, 15) is 0 Å². The fourth-order valence-corrected chi connectivity index (χ4v) is 4.17. The van der Waals surface area contributed by atoms with Crippen LogP contribution in [0, 0.1) is 0 Å². The molecular weight excluding hydrogens is 396 g/mol. The number of methoxy groups -OCH3 is 1. The van der Waals surface area contributed by atoms with Crippen LogP contribution >= 0.6 is 0 Å². The lowest BCUT2D eigenvalue weighted by atomic mass is 9.93. The third kappa shape index (κ3) is 4.36. The molecule has 32 heavy (non-hydrogen) atoms. The molecule has 1 aliphatic heterocycles. The van der Waals surface area contributed by atoms with Gasteiger partial charge in [-0.1, -0.05) is 60.7 Å². The van der Waals surface area contributed by atoms with Crippen LogP contribution < -0.4 is 14.8 Å². The lowest BCUT2D eigenvalue weighted by molar-refractivity contribution is 0.283. The molecule has 3 aromatic carbocycles. The minimum atomic E-state index is 0.121. The Morgan fingerprint density at radius 2 is 1.91 bits per heavy atom. The lowest BCUT2D eigenvalue weighted by Crippen LogP contribution is -2.28. The number of pyridine rings is 1. The summed E-state index contributed by atoms with van der Waals surface area (Å²) in [6.07, 6.45) is 7.17. The monoisotopic (exact) mass is 422 g/mol. The molecule has 0 saturated carbocycles. The van der Waals surface area contributed by atoms with Crippen LogP contribution in [0.2, 0.25) is 0 Å². The molecule has 0 saturated heterocycles. The average Bonchev–Trinajstić information content (AvgIpc) is 2.86. The summed E-state index contributed by atoms with van der Waals surface area (Å²) in [5.41, 5.74) is 5.81. The second-order valence-corrected chi connectivity index (χ2v) is 7.97. The molecule has 2 heterocycles. The summed E-state index contributed by atoms with van der Waals surface area (Å²) in [7, 11) is 1.69. The van der Waals surface area contributed by atoms with Crippen LogP contribution in [-0.2, 0) is 13.0 Å². The van der Waals surface area contributed by atoms with Crippen molar-refractivity contribution in [2.24, 2.45) is 0 Å². The maximum Gasteiger partial charge on any atom is 0.161 e. The molecule has 0 radical (unpaired) electrons. The van der Waals surface area contributed by atoms with Crippen LogP contribution in [-0.4, -0.2) is 18.6 Å². The van der Waals surface area contributed by atoms with Crippen molar-refractivity contribution in [3.05, 3.63) is 107 Å². The highest BCUT2D eigenvalue weighted by molar-refractivity contribution is 5.80. The Hall–Kier alpha value is -3.63. The number of fused-ring (bicyclic) bond motifs is 2. The summed E-state index contributed by atoms with van der Waals surface area (Å²) < 4.78 is 11.8. The van der Waals surface area contributed by atoms with E-state index in [0.29, 0.717) is 6.61 Å². The van der Waals surface area contributed by atoms with Crippen LogP contribution in [0.15, 0.2) is 85.1 Å². The first-order valence-corrected chi connectivity index (χ1v) is 10.9. The van der Waals surface area contributed by atoms with Gasteiger partial charge in [-0.25, -0.2) is 0 Å². The van der Waals surface area contributed by atoms with E-state index < -0.39 is 0 Å². The number of rotatable bonds is 6. The smallest absolute Gasteiger partial charge is 0.161 e. The highest BCUT2D eigenvalue weighted by atomic mass is 16.5. The Labute approximate surface area is 188 Å². The molecule has 160 valence electrons. The molecule has 0 spiro atoms. The van der Waals surface area contributed by atoms with E-state index in [0.717, 1.165) is 46.5 Å². The van der Waals surface area contributed by atoms with Crippen molar-refractivity contribution in [3.63, 3.8) is 0 Å². The minimum absolute atomic E-state index is 0.121. The maximum atomic E-state index is 6.12. The molecule has 1 aliphatic rings. The molecule has 1 unspecified atom stereocenters. The van der Waals surface area contributed by atoms with Crippen molar-refractivity contribution in [2.45, 2.75) is 19.1 Å². The predicted molar refractivity (Wildman–Crippen MR) is 129 cm³/mol. The molecule has 4 nitrogen and oxygen atoms in total. The zero-order chi connectivity index (χ0) is 21.8. The number of nitrogens with zero attached hydrogens (tertiary/aromatic N) is 1. The van der Waals surface area contributed by atoms with Crippen LogP contribution in [0.1, 0.15) is 28.3 Å². The van der Waals surface area contributed by atoms with Crippen molar-refractivity contribution < 1.29 is 9.47 Å². The van der Waals surface area contributed by atoms with Gasteiger partial charge in [0.25, 0.3) is 0 Å². The Balaban J connectivity index is 1.39. The largest absolute Gasteiger partial charge is 0.493 e. The van der Waals surface area contributed by atoms with E-state index in [1.54, 1.807) is 7.11 Å². The number of hydrogen-bond acceptors (Lipinski definition) is 4. The van der Waals surface area contributed by atoms with Crippen molar-refractivity contribution in [2.75, 3.05) is 13.7 Å². The van der Waals surface area contributed by atoms with Gasteiger partial charge in [-0.05, 0) is 52.9 Å². The van der Waals surface area contributed by atoms with Gasteiger partial charge in [-0.15, -0.1) is 0 Å². The number of nitrogens with one attached hydrogen (secondary N) is 1. The highest BCUT2D eigenvalue weighted by Crippen LogP contribution is 2.36. The topological polar surface area (TPSA) is 43.4 Å². The van der Waals surface area contributed by atoms with Gasteiger partial charge in [0.1, 0.15) is 6.61 Å². The second kappa shape index (κ2) is 9.25. The summed E-state index contributed by atoms with van der Waals surface area (Å²) in [6, 6.07) is 25.0. The van der Waals surface area contributed by atoms with Crippen LogP contribution in [0.4, 0.5) is 0 Å². The van der Waals surface area contributed by atoms with Gasteiger partial charge in [-0.3, -0.25) is 4.98 Å². The van der Waals surface area contributed by atoms with E-state index in [-0.39, 0.29) is 6.04 Å². The summed E-state index contributed by atoms with van der Waals surface area (Å²) in [6.45, 7) is 1.44. The van der Waals surface area contributed by atoms with E-state index >= 15 is 0 Å². The van der Waals surface area contributed by atoms with E-state index in [1.807, 2.05) is 30.5 Å². The third-order valence-electron chi connectivity index (χ3n) is 5.87. The SMILES string of the molecule is COc1cc2c(cc1OCc1ccccc1)CCNC2C=Cc1ccc2cccnc2c1. The standard InChI is InChI=1S/C28H26N2O2/c1-31-27-18-24-23(17-28(27)32-19-21-6-3-2-4-7-21)13-15-30-25(24)12-10-20-9-11-22-8-5-14-29-26(22)16-20/h2-12,14,16-18,25,30H,13,15,19H2,1H3. The Kier molecular flexibility index (Phi) is 5.86. The van der Waals surface area contributed by atoms with Crippen LogP contribution in [0.5, 0.6) is 11.5 Å². The zero-order valence-electron chi connectivity index (χ0n) is 18.1. The maximum absolute atomic E-state index is 6.12. The average molecular weight is 423 g/mol. The van der Waals surface area contributed by atoms with Gasteiger partial charge in [0.15, 0.2) is 11.5 Å². The molecule has 1 aromatic heterocycles. The highest BCUT2D eigenvalue weighted by Gasteiger charge is 2.21. The van der Waals surface area contributed by atoms with E-state index in [1.165, 1.54) is 11.1 Å². The van der Waals surface area contributed by atoms with E-state index in [2.05, 4.69) is 71.0 Å². The fourth-order valence-electron chi connectivity index (χ4n) is 4.17. The molecule has 1 N–H and O–H groups in total. The summed E-state index contributed by atoms with van der Waals surface area (Å²) in [5, 5.41) is 4.76. The fraction of sp³-hybridized carbons (Fsp3) is 0.179. The second-order valence-electron chi connectivity index (χ2n) is 7.97. The van der Waals surface area contributed by atoms with Crippen LogP contribution in [0.25, 0.3) is 17.0 Å². The summed E-state index contributed by atoms with van der Waals surface area (Å²) in [4.78, 5) is 4.46. The van der Waals surface area contributed by atoms with Gasteiger partial charge < -0.3 is 14.8 Å². The predicted octanol–water partition coefficient (Wildman–Crippen LogP) is 5.72. The summed E-state index contributed by atoms with van der Waals surface area (Å²) >= 11 is 0. The normalized spacial score (nSPS) is 15.6. The van der Waals surface area contributed by atoms with Crippen molar-refractivity contribution in [1.82, 2.24) is 10.3 Å².